The number of anilines is 3. The van der Waals surface area contributed by atoms with E-state index in [0.717, 1.165) is 71.3 Å². The maximum absolute atomic E-state index is 9.86. The molecule has 1 aromatic heterocycles. The molecule has 0 unspecified atom stereocenters. The molecule has 0 atom stereocenters. The van der Waals surface area contributed by atoms with Gasteiger partial charge in [-0.3, -0.25) is 0 Å². The van der Waals surface area contributed by atoms with Gasteiger partial charge >= 0.3 is 0 Å². The summed E-state index contributed by atoms with van der Waals surface area (Å²) in [6.45, 7) is 0. The van der Waals surface area contributed by atoms with Gasteiger partial charge in [0.25, 0.3) is 0 Å². The highest BCUT2D eigenvalue weighted by Crippen LogP contribution is 2.46. The van der Waals surface area contributed by atoms with Gasteiger partial charge < -0.3 is 9.32 Å². The molecular formula is C56H37NO. The van der Waals surface area contributed by atoms with Crippen molar-refractivity contribution >= 4 is 60.5 Å². The van der Waals surface area contributed by atoms with Crippen molar-refractivity contribution in [2.45, 2.75) is 0 Å². The third-order valence-corrected chi connectivity index (χ3v) is 11.1. The predicted molar refractivity (Wildman–Crippen MR) is 245 cm³/mol. The van der Waals surface area contributed by atoms with E-state index >= 15 is 0 Å². The van der Waals surface area contributed by atoms with Crippen molar-refractivity contribution in [3.05, 3.63) is 224 Å². The Kier molecular flexibility index (Phi) is 7.20. The van der Waals surface area contributed by atoms with Gasteiger partial charge in [0.05, 0.1) is 16.6 Å². The van der Waals surface area contributed by atoms with E-state index in [1.165, 1.54) is 0 Å². The van der Waals surface area contributed by atoms with Crippen LogP contribution < -0.4 is 4.90 Å². The van der Waals surface area contributed by atoms with Crippen molar-refractivity contribution < 1.29 is 9.90 Å². The van der Waals surface area contributed by atoms with E-state index in [2.05, 4.69) is 91.0 Å². The number of furan rings is 1. The lowest BCUT2D eigenvalue weighted by Crippen LogP contribution is -2.10. The van der Waals surface area contributed by atoms with Gasteiger partial charge in [-0.05, 0) is 109 Å². The summed E-state index contributed by atoms with van der Waals surface area (Å²) in [6.07, 6.45) is 0. The number of rotatable bonds is 7. The summed E-state index contributed by atoms with van der Waals surface area (Å²) in [5.41, 5.74) is 9.75. The molecule has 272 valence electrons. The van der Waals surface area contributed by atoms with E-state index in [0.29, 0.717) is 22.5 Å². The first kappa shape index (κ1) is 29.6. The molecule has 0 N–H and O–H groups in total. The summed E-state index contributed by atoms with van der Waals surface area (Å²) in [5.74, 6) is 0. The highest BCUT2D eigenvalue weighted by atomic mass is 16.3. The van der Waals surface area contributed by atoms with Gasteiger partial charge in [0.1, 0.15) is 11.2 Å². The third-order valence-electron chi connectivity index (χ3n) is 11.1. The van der Waals surface area contributed by atoms with Crippen molar-refractivity contribution in [2.75, 3.05) is 4.90 Å². The fraction of sp³-hybridized carbons (Fsp3) is 0. The Morgan fingerprint density at radius 3 is 1.79 bits per heavy atom. The van der Waals surface area contributed by atoms with Gasteiger partial charge in [0, 0.05) is 22.1 Å². The largest absolute Gasteiger partial charge is 0.455 e. The molecule has 0 spiro atoms. The maximum Gasteiger partial charge on any atom is 0.143 e. The Bertz CT molecular complexity index is 3490. The van der Waals surface area contributed by atoms with Gasteiger partial charge in [-0.2, -0.15) is 0 Å². The van der Waals surface area contributed by atoms with Crippen molar-refractivity contribution in [1.82, 2.24) is 0 Å². The van der Waals surface area contributed by atoms with E-state index < -0.39 is 0 Å². The zero-order valence-electron chi connectivity index (χ0n) is 35.4. The Labute approximate surface area is 343 Å². The second-order valence-corrected chi connectivity index (χ2v) is 14.5. The van der Waals surface area contributed by atoms with Gasteiger partial charge in [0.2, 0.25) is 0 Å². The van der Waals surface area contributed by atoms with Crippen molar-refractivity contribution in [3.8, 4) is 44.5 Å². The fourth-order valence-electron chi connectivity index (χ4n) is 8.39. The van der Waals surface area contributed by atoms with E-state index in [9.17, 15) is 5.48 Å². The molecule has 2 heteroatoms. The molecule has 0 saturated heterocycles. The summed E-state index contributed by atoms with van der Waals surface area (Å²) >= 11 is 0. The quantitative estimate of drug-likeness (QED) is 0.162. The van der Waals surface area contributed by atoms with Crippen LogP contribution in [0.5, 0.6) is 0 Å². The SMILES string of the molecule is [2H]c1c([2H])c(N(c2cccc(-c3cccc4ccccc34)c2)c2cccc3oc4c5ccccc5ccc4c23)c([2H])c([2H])c1-c1ccc(-c2ccccc2)c(-c2ccccc2)c1. The third kappa shape index (κ3) is 5.82. The van der Waals surface area contributed by atoms with Crippen LogP contribution in [0.2, 0.25) is 0 Å². The molecule has 0 saturated carbocycles. The Morgan fingerprint density at radius 1 is 0.362 bits per heavy atom. The van der Waals surface area contributed by atoms with Gasteiger partial charge in [-0.1, -0.05) is 176 Å². The smallest absolute Gasteiger partial charge is 0.143 e. The fourth-order valence-corrected chi connectivity index (χ4v) is 8.39. The van der Waals surface area contributed by atoms with E-state index in [1.54, 1.807) is 0 Å². The number of benzene rings is 10. The van der Waals surface area contributed by atoms with Crippen LogP contribution in [-0.4, -0.2) is 0 Å². The van der Waals surface area contributed by atoms with E-state index in [1.807, 2.05) is 114 Å². The van der Waals surface area contributed by atoms with Gasteiger partial charge in [-0.15, -0.1) is 0 Å². The van der Waals surface area contributed by atoms with Crippen LogP contribution in [-0.2, 0) is 0 Å². The molecule has 58 heavy (non-hydrogen) atoms. The van der Waals surface area contributed by atoms with E-state index in [4.69, 9.17) is 4.42 Å². The lowest BCUT2D eigenvalue weighted by Gasteiger charge is -2.27. The summed E-state index contributed by atoms with van der Waals surface area (Å²) in [4.78, 5) is 1.89. The van der Waals surface area contributed by atoms with Crippen molar-refractivity contribution in [1.29, 1.82) is 0 Å². The molecule has 0 aliphatic rings. The summed E-state index contributed by atoms with van der Waals surface area (Å²) in [7, 11) is 0. The van der Waals surface area contributed by atoms with Crippen molar-refractivity contribution in [3.63, 3.8) is 0 Å². The summed E-state index contributed by atoms with van der Waals surface area (Å²) < 4.78 is 45.8. The van der Waals surface area contributed by atoms with Crippen molar-refractivity contribution in [2.24, 2.45) is 0 Å². The first-order chi connectivity index (χ1) is 30.4. The number of nitrogens with zero attached hydrogens (tertiary/aromatic N) is 1. The normalized spacial score (nSPS) is 12.4. The highest BCUT2D eigenvalue weighted by Gasteiger charge is 2.21. The van der Waals surface area contributed by atoms with Crippen LogP contribution >= 0.6 is 0 Å². The summed E-state index contributed by atoms with van der Waals surface area (Å²) in [5, 5.41) is 5.98. The highest BCUT2D eigenvalue weighted by molar-refractivity contribution is 6.19. The average molecular weight is 744 g/mol. The van der Waals surface area contributed by atoms with Crippen LogP contribution in [0, 0.1) is 0 Å². The summed E-state index contributed by atoms with van der Waals surface area (Å²) in [6, 6.07) is 66.4. The van der Waals surface area contributed by atoms with Crippen LogP contribution in [0.4, 0.5) is 17.1 Å². The molecule has 0 bridgehead atoms. The predicted octanol–water partition coefficient (Wildman–Crippen LogP) is 16.0. The standard InChI is InChI=1S/C56H37NO/c1-3-14-39(15-4-1)49-34-31-43(37-52(49)41-16-5-2-6-17-41)38-28-32-45(33-29-38)57(46-22-11-21-44(36-46)48-25-12-20-40-18-7-9-23-47(40)48)53-26-13-27-54-55(53)51-35-30-42-19-8-10-24-50(42)56(51)58-54/h1-37H/i28D,29D,32D,33D. The minimum Gasteiger partial charge on any atom is -0.455 e. The monoisotopic (exact) mass is 743 g/mol. The topological polar surface area (TPSA) is 16.4 Å². The van der Waals surface area contributed by atoms with Gasteiger partial charge in [-0.25, -0.2) is 0 Å². The Balaban J connectivity index is 1.16. The van der Waals surface area contributed by atoms with Gasteiger partial charge in [0.15, 0.2) is 0 Å². The number of hydrogen-bond acceptors (Lipinski definition) is 2. The zero-order valence-corrected chi connectivity index (χ0v) is 31.4. The molecule has 11 aromatic rings. The zero-order chi connectivity index (χ0) is 41.9. The lowest BCUT2D eigenvalue weighted by atomic mass is 9.91. The maximum atomic E-state index is 9.86. The van der Waals surface area contributed by atoms with Crippen LogP contribution in [0.1, 0.15) is 5.48 Å². The second kappa shape index (κ2) is 14.1. The first-order valence-electron chi connectivity index (χ1n) is 21.5. The molecule has 11 rings (SSSR count). The molecule has 0 fully saturated rings. The average Bonchev–Trinajstić information content (AvgIpc) is 3.73. The first-order valence-corrected chi connectivity index (χ1v) is 19.5. The van der Waals surface area contributed by atoms with E-state index in [-0.39, 0.29) is 35.4 Å². The van der Waals surface area contributed by atoms with Crippen LogP contribution in [0.3, 0.4) is 0 Å². The minimum atomic E-state index is -0.153. The molecular weight excluding hydrogens is 703 g/mol. The van der Waals surface area contributed by atoms with Crippen LogP contribution in [0.15, 0.2) is 229 Å². The van der Waals surface area contributed by atoms with Crippen LogP contribution in [0.25, 0.3) is 88.0 Å². The lowest BCUT2D eigenvalue weighted by molar-refractivity contribution is 0.672. The Hall–Kier alpha value is -7.68. The molecule has 0 aliphatic heterocycles. The molecule has 2 nitrogen and oxygen atoms in total. The second-order valence-electron chi connectivity index (χ2n) is 14.5. The minimum absolute atomic E-state index is 0.127. The molecule has 0 radical (unpaired) electrons. The number of fused-ring (bicyclic) bond motifs is 6. The molecule has 1 heterocycles. The molecule has 0 amide bonds. The molecule has 0 aliphatic carbocycles. The number of hydrogen-bond donors (Lipinski definition) is 0. The Morgan fingerprint density at radius 2 is 1.00 bits per heavy atom. The molecule has 10 aromatic carbocycles.